The second-order valence-corrected chi connectivity index (χ2v) is 5.48. The molecule has 0 aliphatic rings. The van der Waals surface area contributed by atoms with Gasteiger partial charge in [0.05, 0.1) is 20.9 Å². The van der Waals surface area contributed by atoms with Crippen molar-refractivity contribution in [2.75, 3.05) is 0 Å². The third kappa shape index (κ3) is 2.35. The molecule has 18 heavy (non-hydrogen) atoms. The average Bonchev–Trinajstić information content (AvgIpc) is 2.69. The first kappa shape index (κ1) is 11.6. The summed E-state index contributed by atoms with van der Waals surface area (Å²) in [4.78, 5) is 13.0. The molecule has 1 aromatic carbocycles. The zero-order valence-corrected chi connectivity index (χ0v) is 11.3. The molecule has 2 heterocycles. The molecule has 5 heteroatoms. The molecule has 0 bridgehead atoms. The Balaban J connectivity index is 1.96. The SMILES string of the molecule is Cc1nc(Cl)cc(Cc2nc3ccccc3s2)n1. The van der Waals surface area contributed by atoms with Gasteiger partial charge in [0, 0.05) is 6.42 Å². The number of thiazole rings is 1. The average molecular weight is 276 g/mol. The summed E-state index contributed by atoms with van der Waals surface area (Å²) in [6.45, 7) is 1.84. The van der Waals surface area contributed by atoms with Crippen LogP contribution in [-0.4, -0.2) is 15.0 Å². The predicted molar refractivity (Wildman–Crippen MR) is 74.2 cm³/mol. The maximum absolute atomic E-state index is 5.93. The van der Waals surface area contributed by atoms with Crippen molar-refractivity contribution in [3.05, 3.63) is 52.0 Å². The summed E-state index contributed by atoms with van der Waals surface area (Å²) < 4.78 is 1.20. The van der Waals surface area contributed by atoms with E-state index in [0.29, 0.717) is 17.4 Å². The second kappa shape index (κ2) is 4.63. The Hall–Kier alpha value is -1.52. The molecular formula is C13H10ClN3S. The van der Waals surface area contributed by atoms with Gasteiger partial charge in [-0.2, -0.15) is 0 Å². The van der Waals surface area contributed by atoms with Gasteiger partial charge in [-0.05, 0) is 25.1 Å². The molecule has 3 nitrogen and oxygen atoms in total. The van der Waals surface area contributed by atoms with Crippen LogP contribution in [0, 0.1) is 6.92 Å². The lowest BCUT2D eigenvalue weighted by Gasteiger charge is -1.99. The standard InChI is InChI=1S/C13H10ClN3S/c1-8-15-9(6-12(14)16-8)7-13-17-10-4-2-3-5-11(10)18-13/h2-6H,7H2,1H3. The molecule has 0 aliphatic heterocycles. The highest BCUT2D eigenvalue weighted by Crippen LogP contribution is 2.23. The van der Waals surface area contributed by atoms with Crippen molar-refractivity contribution in [2.45, 2.75) is 13.3 Å². The molecule has 90 valence electrons. The molecule has 0 spiro atoms. The number of aryl methyl sites for hydroxylation is 1. The van der Waals surface area contributed by atoms with Crippen LogP contribution in [-0.2, 0) is 6.42 Å². The van der Waals surface area contributed by atoms with Crippen LogP contribution >= 0.6 is 22.9 Å². The molecule has 0 saturated heterocycles. The highest BCUT2D eigenvalue weighted by molar-refractivity contribution is 7.18. The van der Waals surface area contributed by atoms with Crippen LogP contribution in [0.15, 0.2) is 30.3 Å². The van der Waals surface area contributed by atoms with Crippen molar-refractivity contribution in [1.82, 2.24) is 15.0 Å². The van der Waals surface area contributed by atoms with Crippen molar-refractivity contribution in [3.8, 4) is 0 Å². The maximum atomic E-state index is 5.93. The van der Waals surface area contributed by atoms with E-state index >= 15 is 0 Å². The quantitative estimate of drug-likeness (QED) is 0.670. The van der Waals surface area contributed by atoms with Crippen LogP contribution in [0.5, 0.6) is 0 Å². The molecule has 0 saturated carbocycles. The van der Waals surface area contributed by atoms with Crippen molar-refractivity contribution in [3.63, 3.8) is 0 Å². The Morgan fingerprint density at radius 3 is 2.78 bits per heavy atom. The molecule has 0 amide bonds. The molecule has 0 fully saturated rings. The largest absolute Gasteiger partial charge is 0.241 e. The maximum Gasteiger partial charge on any atom is 0.133 e. The molecule has 3 aromatic rings. The van der Waals surface area contributed by atoms with E-state index in [0.717, 1.165) is 16.2 Å². The van der Waals surface area contributed by atoms with Gasteiger partial charge in [0.25, 0.3) is 0 Å². The van der Waals surface area contributed by atoms with Crippen LogP contribution in [0.1, 0.15) is 16.5 Å². The summed E-state index contributed by atoms with van der Waals surface area (Å²) in [7, 11) is 0. The lowest BCUT2D eigenvalue weighted by Crippen LogP contribution is -1.96. The van der Waals surface area contributed by atoms with Gasteiger partial charge in [0.2, 0.25) is 0 Å². The van der Waals surface area contributed by atoms with Crippen molar-refractivity contribution in [2.24, 2.45) is 0 Å². The summed E-state index contributed by atoms with van der Waals surface area (Å²) >= 11 is 7.62. The van der Waals surface area contributed by atoms with Crippen molar-refractivity contribution >= 4 is 33.2 Å². The Labute approximate surface area is 114 Å². The van der Waals surface area contributed by atoms with E-state index in [4.69, 9.17) is 11.6 Å². The van der Waals surface area contributed by atoms with E-state index in [2.05, 4.69) is 21.0 Å². The zero-order chi connectivity index (χ0) is 12.5. The lowest BCUT2D eigenvalue weighted by molar-refractivity contribution is 0.964. The van der Waals surface area contributed by atoms with Gasteiger partial charge in [0.15, 0.2) is 0 Å². The summed E-state index contributed by atoms with van der Waals surface area (Å²) in [6, 6.07) is 9.91. The van der Waals surface area contributed by atoms with E-state index in [1.165, 1.54) is 4.70 Å². The topological polar surface area (TPSA) is 38.7 Å². The monoisotopic (exact) mass is 275 g/mol. The molecule has 0 atom stereocenters. The molecule has 0 N–H and O–H groups in total. The van der Waals surface area contributed by atoms with Crippen LogP contribution in [0.25, 0.3) is 10.2 Å². The summed E-state index contributed by atoms with van der Waals surface area (Å²) in [6.07, 6.45) is 0.697. The number of benzene rings is 1. The molecular weight excluding hydrogens is 266 g/mol. The molecule has 2 aromatic heterocycles. The van der Waals surface area contributed by atoms with E-state index in [1.54, 1.807) is 17.4 Å². The van der Waals surface area contributed by atoms with Crippen molar-refractivity contribution < 1.29 is 0 Å². The number of halogens is 1. The van der Waals surface area contributed by atoms with Crippen LogP contribution in [0.4, 0.5) is 0 Å². The number of hydrogen-bond acceptors (Lipinski definition) is 4. The minimum Gasteiger partial charge on any atom is -0.241 e. The van der Waals surface area contributed by atoms with Crippen molar-refractivity contribution in [1.29, 1.82) is 0 Å². The van der Waals surface area contributed by atoms with Gasteiger partial charge in [-0.15, -0.1) is 11.3 Å². The third-order valence-electron chi connectivity index (χ3n) is 2.53. The Morgan fingerprint density at radius 2 is 2.00 bits per heavy atom. The minimum atomic E-state index is 0.485. The number of aromatic nitrogens is 3. The smallest absolute Gasteiger partial charge is 0.133 e. The van der Waals surface area contributed by atoms with Crippen LogP contribution in [0.2, 0.25) is 5.15 Å². The van der Waals surface area contributed by atoms with Crippen LogP contribution < -0.4 is 0 Å². The summed E-state index contributed by atoms with van der Waals surface area (Å²) in [5.41, 5.74) is 1.95. The summed E-state index contributed by atoms with van der Waals surface area (Å²) in [5.74, 6) is 0.693. The minimum absolute atomic E-state index is 0.485. The Morgan fingerprint density at radius 1 is 1.17 bits per heavy atom. The predicted octanol–water partition coefficient (Wildman–Crippen LogP) is 3.64. The number of fused-ring (bicyclic) bond motifs is 1. The van der Waals surface area contributed by atoms with Crippen LogP contribution in [0.3, 0.4) is 0 Å². The fourth-order valence-electron chi connectivity index (χ4n) is 1.83. The fourth-order valence-corrected chi connectivity index (χ4v) is 3.06. The van der Waals surface area contributed by atoms with Gasteiger partial charge in [-0.1, -0.05) is 23.7 Å². The van der Waals surface area contributed by atoms with E-state index in [9.17, 15) is 0 Å². The number of rotatable bonds is 2. The van der Waals surface area contributed by atoms with Gasteiger partial charge in [-0.25, -0.2) is 15.0 Å². The van der Waals surface area contributed by atoms with E-state index < -0.39 is 0 Å². The number of para-hydroxylation sites is 1. The molecule has 0 radical (unpaired) electrons. The Bertz CT molecular complexity index is 655. The first-order valence-corrected chi connectivity index (χ1v) is 6.75. The normalized spacial score (nSPS) is 11.0. The lowest BCUT2D eigenvalue weighted by atomic mass is 10.3. The van der Waals surface area contributed by atoms with E-state index in [1.807, 2.05) is 25.1 Å². The first-order chi connectivity index (χ1) is 8.70. The van der Waals surface area contributed by atoms with E-state index in [-0.39, 0.29) is 0 Å². The van der Waals surface area contributed by atoms with Gasteiger partial charge >= 0.3 is 0 Å². The van der Waals surface area contributed by atoms with Gasteiger partial charge < -0.3 is 0 Å². The molecule has 3 rings (SSSR count). The first-order valence-electron chi connectivity index (χ1n) is 5.55. The van der Waals surface area contributed by atoms with Gasteiger partial charge in [-0.3, -0.25) is 0 Å². The zero-order valence-electron chi connectivity index (χ0n) is 9.72. The third-order valence-corrected chi connectivity index (χ3v) is 3.76. The number of nitrogens with zero attached hydrogens (tertiary/aromatic N) is 3. The molecule has 0 unspecified atom stereocenters. The highest BCUT2D eigenvalue weighted by Gasteiger charge is 2.06. The van der Waals surface area contributed by atoms with Gasteiger partial charge in [0.1, 0.15) is 11.0 Å². The Kier molecular flexibility index (Phi) is 2.97. The summed E-state index contributed by atoms with van der Waals surface area (Å²) in [5, 5.41) is 1.53. The highest BCUT2D eigenvalue weighted by atomic mass is 35.5. The number of hydrogen-bond donors (Lipinski definition) is 0. The molecule has 0 aliphatic carbocycles. The second-order valence-electron chi connectivity index (χ2n) is 3.98. The fraction of sp³-hybridized carbons (Fsp3) is 0.154.